The highest BCUT2D eigenvalue weighted by molar-refractivity contribution is 6.01. The number of aryl methyl sites for hydroxylation is 1. The number of amides is 2. The van der Waals surface area contributed by atoms with Gasteiger partial charge in [0.1, 0.15) is 5.82 Å². The molecule has 0 atom stereocenters. The maximum atomic E-state index is 12.6. The summed E-state index contributed by atoms with van der Waals surface area (Å²) < 4.78 is 4.77. The first-order valence-corrected chi connectivity index (χ1v) is 8.91. The predicted octanol–water partition coefficient (Wildman–Crippen LogP) is 1.66. The summed E-state index contributed by atoms with van der Waals surface area (Å²) in [5.41, 5.74) is 2.06. The molecule has 2 amide bonds. The number of anilines is 1. The minimum Gasteiger partial charge on any atom is -0.465 e. The molecule has 9 nitrogen and oxygen atoms in total. The Morgan fingerprint density at radius 3 is 2.52 bits per heavy atom. The van der Waals surface area contributed by atoms with Gasteiger partial charge >= 0.3 is 5.97 Å². The summed E-state index contributed by atoms with van der Waals surface area (Å²) >= 11 is 0. The molecule has 0 aliphatic heterocycles. The van der Waals surface area contributed by atoms with Gasteiger partial charge in [0.2, 0.25) is 11.8 Å². The molecule has 2 aromatic heterocycles. The number of hydrogen-bond acceptors (Lipinski definition) is 6. The molecule has 0 saturated heterocycles. The fourth-order valence-electron chi connectivity index (χ4n) is 2.90. The van der Waals surface area contributed by atoms with E-state index < -0.39 is 17.8 Å². The third-order valence-corrected chi connectivity index (χ3v) is 4.39. The van der Waals surface area contributed by atoms with Gasteiger partial charge < -0.3 is 19.9 Å². The van der Waals surface area contributed by atoms with Crippen LogP contribution in [0.4, 0.5) is 5.82 Å². The lowest BCUT2D eigenvalue weighted by Gasteiger charge is -2.17. The summed E-state index contributed by atoms with van der Waals surface area (Å²) in [5.74, 6) is -1.31. The van der Waals surface area contributed by atoms with Crippen molar-refractivity contribution in [1.29, 1.82) is 0 Å². The minimum absolute atomic E-state index is 0.160. The van der Waals surface area contributed by atoms with Gasteiger partial charge in [-0.25, -0.2) is 9.78 Å². The molecule has 9 heteroatoms. The summed E-state index contributed by atoms with van der Waals surface area (Å²) in [5, 5.41) is 2.63. The molecule has 0 radical (unpaired) electrons. The Bertz CT molecular complexity index is 964. The number of nitrogens with zero attached hydrogens (tertiary/aromatic N) is 2. The molecule has 2 N–H and O–H groups in total. The van der Waals surface area contributed by atoms with Gasteiger partial charge in [0, 0.05) is 25.9 Å². The van der Waals surface area contributed by atoms with Crippen LogP contribution in [0.1, 0.15) is 44.6 Å². The summed E-state index contributed by atoms with van der Waals surface area (Å²) in [7, 11) is 2.70. The second kappa shape index (κ2) is 9.13. The van der Waals surface area contributed by atoms with Gasteiger partial charge in [0.25, 0.3) is 0 Å². The number of pyridine rings is 1. The number of aromatic amines is 1. The van der Waals surface area contributed by atoms with Crippen molar-refractivity contribution in [3.63, 3.8) is 0 Å². The van der Waals surface area contributed by atoms with Gasteiger partial charge in [-0.15, -0.1) is 0 Å². The molecule has 0 aliphatic rings. The molecule has 0 bridgehead atoms. The van der Waals surface area contributed by atoms with E-state index in [0.29, 0.717) is 11.4 Å². The van der Waals surface area contributed by atoms with E-state index in [1.165, 1.54) is 26.0 Å². The van der Waals surface area contributed by atoms with Crippen LogP contribution in [-0.4, -0.2) is 59.1 Å². The number of aromatic nitrogens is 2. The van der Waals surface area contributed by atoms with Gasteiger partial charge in [0.15, 0.2) is 5.78 Å². The van der Waals surface area contributed by atoms with Crippen LogP contribution < -0.4 is 5.32 Å². The first-order chi connectivity index (χ1) is 13.6. The molecule has 29 heavy (non-hydrogen) atoms. The lowest BCUT2D eigenvalue weighted by molar-refractivity contribution is -0.132. The van der Waals surface area contributed by atoms with E-state index in [4.69, 9.17) is 4.74 Å². The summed E-state index contributed by atoms with van der Waals surface area (Å²) in [6, 6.07) is 3.52. The van der Waals surface area contributed by atoms with Crippen molar-refractivity contribution in [1.82, 2.24) is 14.9 Å². The number of nitrogens with one attached hydrogen (secondary N) is 2. The van der Waals surface area contributed by atoms with Gasteiger partial charge in [0.05, 0.1) is 31.3 Å². The van der Waals surface area contributed by atoms with Crippen molar-refractivity contribution < 1.29 is 23.9 Å². The second-order valence-electron chi connectivity index (χ2n) is 6.72. The molecule has 2 heterocycles. The number of rotatable bonds is 7. The van der Waals surface area contributed by atoms with Crippen LogP contribution in [0.25, 0.3) is 0 Å². The van der Waals surface area contributed by atoms with E-state index in [-0.39, 0.29) is 35.7 Å². The number of esters is 1. The normalized spacial score (nSPS) is 10.4. The lowest BCUT2D eigenvalue weighted by atomic mass is 10.1. The van der Waals surface area contributed by atoms with Crippen molar-refractivity contribution in [2.24, 2.45) is 0 Å². The average Bonchev–Trinajstić information content (AvgIpc) is 2.97. The molecule has 154 valence electrons. The Morgan fingerprint density at radius 1 is 1.24 bits per heavy atom. The zero-order valence-corrected chi connectivity index (χ0v) is 17.1. The summed E-state index contributed by atoms with van der Waals surface area (Å²) in [6.07, 6.45) is 1.39. The van der Waals surface area contributed by atoms with Gasteiger partial charge in [-0.05, 0) is 37.1 Å². The average molecular weight is 400 g/mol. The van der Waals surface area contributed by atoms with Crippen molar-refractivity contribution in [2.45, 2.75) is 27.2 Å². The van der Waals surface area contributed by atoms with Crippen LogP contribution in [0.2, 0.25) is 0 Å². The summed E-state index contributed by atoms with van der Waals surface area (Å²) in [6.45, 7) is 4.65. The molecular weight excluding hydrogens is 376 g/mol. The lowest BCUT2D eigenvalue weighted by Crippen LogP contribution is -2.36. The number of ether oxygens (including phenoxy) is 1. The third kappa shape index (κ3) is 5.28. The Morgan fingerprint density at radius 2 is 1.93 bits per heavy atom. The quantitative estimate of drug-likeness (QED) is 0.538. The van der Waals surface area contributed by atoms with E-state index in [0.717, 1.165) is 5.56 Å². The SMILES string of the molecule is COC(=O)c1c(CC(=O)N(C)CC(=O)Nc2cc(C)ccn2)[nH]c(C(C)=O)c1C. The molecule has 0 aliphatic carbocycles. The topological polar surface area (TPSA) is 121 Å². The molecule has 0 saturated carbocycles. The van der Waals surface area contributed by atoms with E-state index in [9.17, 15) is 19.2 Å². The second-order valence-corrected chi connectivity index (χ2v) is 6.72. The highest BCUT2D eigenvalue weighted by Crippen LogP contribution is 2.21. The number of ketones is 1. The molecule has 2 rings (SSSR count). The zero-order chi connectivity index (χ0) is 21.7. The van der Waals surface area contributed by atoms with Crippen LogP contribution in [0.5, 0.6) is 0 Å². The molecule has 0 spiro atoms. The highest BCUT2D eigenvalue weighted by Gasteiger charge is 2.25. The number of Topliss-reactive ketones (excluding diaryl/α,β-unsaturated/α-hetero) is 1. The Hall–Kier alpha value is -3.49. The van der Waals surface area contributed by atoms with Crippen LogP contribution in [0, 0.1) is 13.8 Å². The fourth-order valence-corrected chi connectivity index (χ4v) is 2.90. The van der Waals surface area contributed by atoms with Crippen molar-refractivity contribution in [3.8, 4) is 0 Å². The maximum absolute atomic E-state index is 12.6. The van der Waals surface area contributed by atoms with E-state index >= 15 is 0 Å². The van der Waals surface area contributed by atoms with E-state index in [2.05, 4.69) is 15.3 Å². The van der Waals surface area contributed by atoms with Crippen molar-refractivity contribution in [2.75, 3.05) is 26.0 Å². The van der Waals surface area contributed by atoms with Gasteiger partial charge in [-0.1, -0.05) is 0 Å². The first-order valence-electron chi connectivity index (χ1n) is 8.91. The Kier molecular flexibility index (Phi) is 6.87. The Balaban J connectivity index is 2.11. The van der Waals surface area contributed by atoms with Crippen LogP contribution >= 0.6 is 0 Å². The largest absolute Gasteiger partial charge is 0.465 e. The predicted molar refractivity (Wildman–Crippen MR) is 106 cm³/mol. The number of H-pyrrole nitrogens is 1. The molecular formula is C20H24N4O5. The fraction of sp³-hybridized carbons (Fsp3) is 0.350. The van der Waals surface area contributed by atoms with Crippen LogP contribution in [0.3, 0.4) is 0 Å². The number of likely N-dealkylation sites (N-methyl/N-ethyl adjacent to an activating group) is 1. The van der Waals surface area contributed by atoms with Gasteiger partial charge in [-0.3, -0.25) is 14.4 Å². The third-order valence-electron chi connectivity index (χ3n) is 4.39. The molecule has 2 aromatic rings. The van der Waals surface area contributed by atoms with Gasteiger partial charge in [-0.2, -0.15) is 0 Å². The van der Waals surface area contributed by atoms with Crippen molar-refractivity contribution in [3.05, 3.63) is 46.4 Å². The smallest absolute Gasteiger partial charge is 0.339 e. The monoisotopic (exact) mass is 400 g/mol. The minimum atomic E-state index is -0.639. The van der Waals surface area contributed by atoms with Crippen molar-refractivity contribution >= 4 is 29.4 Å². The number of carbonyl (C=O) groups is 4. The Labute approximate surface area is 168 Å². The van der Waals surface area contributed by atoms with E-state index in [1.54, 1.807) is 25.3 Å². The van der Waals surface area contributed by atoms with E-state index in [1.807, 2.05) is 6.92 Å². The first kappa shape index (κ1) is 21.8. The maximum Gasteiger partial charge on any atom is 0.339 e. The molecule has 0 aromatic carbocycles. The number of carbonyl (C=O) groups excluding carboxylic acids is 4. The zero-order valence-electron chi connectivity index (χ0n) is 17.1. The highest BCUT2D eigenvalue weighted by atomic mass is 16.5. The molecule has 0 unspecified atom stereocenters. The summed E-state index contributed by atoms with van der Waals surface area (Å²) in [4.78, 5) is 56.8. The molecule has 0 fully saturated rings. The van der Waals surface area contributed by atoms with Crippen LogP contribution in [-0.2, 0) is 20.7 Å². The van der Waals surface area contributed by atoms with Crippen LogP contribution in [0.15, 0.2) is 18.3 Å². The standard InChI is InChI=1S/C20H24N4O5/c1-11-6-7-21-15(8-11)23-16(26)10-24(4)17(27)9-14-18(20(28)29-5)12(2)19(22-14)13(3)25/h6-8,22H,9-10H2,1-5H3,(H,21,23,26). The number of methoxy groups -OCH3 is 1. The number of hydrogen-bond donors (Lipinski definition) is 2.